The number of aromatic nitrogens is 2. The molecule has 1 atom stereocenters. The molecule has 1 amide bonds. The number of methoxy groups -OCH3 is 1. The molecule has 0 radical (unpaired) electrons. The molecule has 2 heterocycles. The van der Waals surface area contributed by atoms with Crippen LogP contribution in [0.15, 0.2) is 42.7 Å². The minimum absolute atomic E-state index is 0.101. The lowest BCUT2D eigenvalue weighted by Gasteiger charge is -2.38. The predicted molar refractivity (Wildman–Crippen MR) is 106 cm³/mol. The van der Waals surface area contributed by atoms with Crippen molar-refractivity contribution in [2.75, 3.05) is 44.8 Å². The molecule has 9 heteroatoms. The van der Waals surface area contributed by atoms with E-state index in [9.17, 15) is 9.18 Å². The van der Waals surface area contributed by atoms with Gasteiger partial charge in [0.1, 0.15) is 5.82 Å². The Labute approximate surface area is 168 Å². The fraction of sp³-hybridized carbons (Fsp3) is 0.350. The molecule has 29 heavy (non-hydrogen) atoms. The van der Waals surface area contributed by atoms with Crippen molar-refractivity contribution >= 4 is 17.9 Å². The smallest absolute Gasteiger partial charge is 0.277 e. The number of nitrogens with one attached hydrogen (secondary N) is 1. The van der Waals surface area contributed by atoms with Gasteiger partial charge in [0, 0.05) is 45.7 Å². The molecule has 154 valence electrons. The predicted octanol–water partition coefficient (Wildman–Crippen LogP) is 1.59. The van der Waals surface area contributed by atoms with Crippen LogP contribution in [0.4, 0.5) is 10.3 Å². The number of rotatable bonds is 7. The minimum atomic E-state index is -0.642. The first-order valence-corrected chi connectivity index (χ1v) is 9.29. The standard InChI is InChI=1S/C20H24FN5O3/c1-29-14-18(7-4-15-2-5-17(21)6-3-15)25-8-10-26(11-9-25)20-22-12-16(13-23-20)19(27)24-28/h2-7,12-13,18,28H,8-11,14H2,1H3,(H,24,27)/b7-4+. The highest BCUT2D eigenvalue weighted by molar-refractivity contribution is 5.92. The number of hydrogen-bond donors (Lipinski definition) is 2. The molecule has 1 unspecified atom stereocenters. The first kappa shape index (κ1) is 20.8. The summed E-state index contributed by atoms with van der Waals surface area (Å²) in [6.07, 6.45) is 6.83. The number of piperazine rings is 1. The van der Waals surface area contributed by atoms with E-state index in [0.717, 1.165) is 31.7 Å². The third kappa shape index (κ3) is 5.57. The number of anilines is 1. The summed E-state index contributed by atoms with van der Waals surface area (Å²) in [7, 11) is 1.67. The number of carbonyl (C=O) groups is 1. The minimum Gasteiger partial charge on any atom is -0.383 e. The van der Waals surface area contributed by atoms with E-state index in [1.165, 1.54) is 24.5 Å². The number of halogens is 1. The number of benzene rings is 1. The lowest BCUT2D eigenvalue weighted by atomic mass is 10.1. The molecule has 1 aliphatic heterocycles. The summed E-state index contributed by atoms with van der Waals surface area (Å²) in [5, 5.41) is 8.66. The van der Waals surface area contributed by atoms with Crippen molar-refractivity contribution in [3.63, 3.8) is 0 Å². The van der Waals surface area contributed by atoms with E-state index in [1.54, 1.807) is 24.7 Å². The molecule has 8 nitrogen and oxygen atoms in total. The van der Waals surface area contributed by atoms with Crippen molar-refractivity contribution in [1.29, 1.82) is 0 Å². The molecule has 0 aliphatic carbocycles. The Morgan fingerprint density at radius 3 is 2.48 bits per heavy atom. The van der Waals surface area contributed by atoms with Gasteiger partial charge in [0.05, 0.1) is 18.2 Å². The van der Waals surface area contributed by atoms with Gasteiger partial charge in [0.25, 0.3) is 5.91 Å². The van der Waals surface area contributed by atoms with Crippen LogP contribution >= 0.6 is 0 Å². The van der Waals surface area contributed by atoms with E-state index < -0.39 is 5.91 Å². The quantitative estimate of drug-likeness (QED) is 0.538. The van der Waals surface area contributed by atoms with Gasteiger partial charge in [-0.1, -0.05) is 24.3 Å². The van der Waals surface area contributed by atoms with Crippen LogP contribution in [-0.2, 0) is 4.74 Å². The number of hydrogen-bond acceptors (Lipinski definition) is 7. The maximum absolute atomic E-state index is 13.1. The summed E-state index contributed by atoms with van der Waals surface area (Å²) in [5.41, 5.74) is 2.69. The SMILES string of the molecule is COCC(/C=C/c1ccc(F)cc1)N1CCN(c2ncc(C(=O)NO)cn2)CC1. The third-order valence-electron chi connectivity index (χ3n) is 4.79. The average Bonchev–Trinajstić information content (AvgIpc) is 2.77. The molecular formula is C20H24FN5O3. The van der Waals surface area contributed by atoms with Crippen LogP contribution in [-0.4, -0.2) is 71.9 Å². The molecule has 2 N–H and O–H groups in total. The van der Waals surface area contributed by atoms with Gasteiger partial charge in [-0.25, -0.2) is 19.8 Å². The van der Waals surface area contributed by atoms with Gasteiger partial charge in [-0.2, -0.15) is 0 Å². The summed E-state index contributed by atoms with van der Waals surface area (Å²) >= 11 is 0. The van der Waals surface area contributed by atoms with Crippen LogP contribution in [0.2, 0.25) is 0 Å². The van der Waals surface area contributed by atoms with Gasteiger partial charge < -0.3 is 9.64 Å². The van der Waals surface area contributed by atoms with Crippen LogP contribution in [0.25, 0.3) is 6.08 Å². The normalized spacial score (nSPS) is 16.2. The molecule has 1 saturated heterocycles. The Kier molecular flexibility index (Phi) is 7.23. The highest BCUT2D eigenvalue weighted by atomic mass is 19.1. The second-order valence-corrected chi connectivity index (χ2v) is 6.67. The van der Waals surface area contributed by atoms with Crippen molar-refractivity contribution in [3.05, 3.63) is 59.7 Å². The first-order chi connectivity index (χ1) is 14.1. The molecule has 3 rings (SSSR count). The Morgan fingerprint density at radius 1 is 1.24 bits per heavy atom. The fourth-order valence-corrected chi connectivity index (χ4v) is 3.17. The van der Waals surface area contributed by atoms with Crippen LogP contribution in [0.3, 0.4) is 0 Å². The van der Waals surface area contributed by atoms with Crippen molar-refractivity contribution in [2.45, 2.75) is 6.04 Å². The van der Waals surface area contributed by atoms with Crippen LogP contribution in [0.5, 0.6) is 0 Å². The highest BCUT2D eigenvalue weighted by Crippen LogP contribution is 2.15. The van der Waals surface area contributed by atoms with E-state index in [4.69, 9.17) is 9.94 Å². The van der Waals surface area contributed by atoms with Crippen LogP contribution in [0, 0.1) is 5.82 Å². The lowest BCUT2D eigenvalue weighted by Crippen LogP contribution is -2.51. The van der Waals surface area contributed by atoms with E-state index in [-0.39, 0.29) is 17.4 Å². The molecule has 2 aromatic rings. The highest BCUT2D eigenvalue weighted by Gasteiger charge is 2.23. The van der Waals surface area contributed by atoms with Gasteiger partial charge in [-0.3, -0.25) is 14.9 Å². The number of ether oxygens (including phenoxy) is 1. The summed E-state index contributed by atoms with van der Waals surface area (Å²) < 4.78 is 18.4. The zero-order valence-corrected chi connectivity index (χ0v) is 16.2. The first-order valence-electron chi connectivity index (χ1n) is 9.29. The average molecular weight is 401 g/mol. The largest absolute Gasteiger partial charge is 0.383 e. The van der Waals surface area contributed by atoms with Crippen molar-refractivity contribution < 1.29 is 19.1 Å². The van der Waals surface area contributed by atoms with Gasteiger partial charge in [0.15, 0.2) is 0 Å². The topological polar surface area (TPSA) is 90.8 Å². The maximum atomic E-state index is 13.1. The van der Waals surface area contributed by atoms with E-state index in [0.29, 0.717) is 12.6 Å². The van der Waals surface area contributed by atoms with Crippen molar-refractivity contribution in [2.24, 2.45) is 0 Å². The molecule has 0 bridgehead atoms. The Balaban J connectivity index is 1.59. The van der Waals surface area contributed by atoms with Gasteiger partial charge >= 0.3 is 0 Å². The van der Waals surface area contributed by atoms with Gasteiger partial charge in [-0.05, 0) is 17.7 Å². The van der Waals surface area contributed by atoms with Gasteiger partial charge in [0.2, 0.25) is 5.95 Å². The number of hydroxylamine groups is 1. The van der Waals surface area contributed by atoms with Crippen molar-refractivity contribution in [1.82, 2.24) is 20.3 Å². The maximum Gasteiger partial charge on any atom is 0.277 e. The van der Waals surface area contributed by atoms with E-state index in [2.05, 4.69) is 20.9 Å². The van der Waals surface area contributed by atoms with Crippen LogP contribution < -0.4 is 10.4 Å². The molecule has 0 saturated carbocycles. The lowest BCUT2D eigenvalue weighted by molar-refractivity contribution is 0.0705. The zero-order chi connectivity index (χ0) is 20.6. The molecule has 0 spiro atoms. The number of amides is 1. The van der Waals surface area contributed by atoms with Crippen LogP contribution in [0.1, 0.15) is 15.9 Å². The zero-order valence-electron chi connectivity index (χ0n) is 16.2. The Bertz CT molecular complexity index is 821. The van der Waals surface area contributed by atoms with Gasteiger partial charge in [-0.15, -0.1) is 0 Å². The molecule has 1 aliphatic rings. The summed E-state index contributed by atoms with van der Waals surface area (Å²) in [6, 6.07) is 6.47. The third-order valence-corrected chi connectivity index (χ3v) is 4.79. The van der Waals surface area contributed by atoms with Crippen molar-refractivity contribution in [3.8, 4) is 0 Å². The molecule has 1 aromatic heterocycles. The Morgan fingerprint density at radius 2 is 1.90 bits per heavy atom. The number of carbonyl (C=O) groups excluding carboxylic acids is 1. The summed E-state index contributed by atoms with van der Waals surface area (Å²) in [5.74, 6) is -0.347. The number of nitrogens with zero attached hydrogens (tertiary/aromatic N) is 4. The second-order valence-electron chi connectivity index (χ2n) is 6.67. The Hall–Kier alpha value is -2.88. The molecule has 1 fully saturated rings. The van der Waals surface area contributed by atoms with E-state index in [1.807, 2.05) is 11.0 Å². The fourth-order valence-electron chi connectivity index (χ4n) is 3.17. The molecular weight excluding hydrogens is 377 g/mol. The second kappa shape index (κ2) is 10.1. The monoisotopic (exact) mass is 401 g/mol. The van der Waals surface area contributed by atoms with E-state index >= 15 is 0 Å². The molecule has 1 aromatic carbocycles. The summed E-state index contributed by atoms with van der Waals surface area (Å²) in [4.78, 5) is 24.2. The summed E-state index contributed by atoms with van der Waals surface area (Å²) in [6.45, 7) is 3.61.